The van der Waals surface area contributed by atoms with Crippen LogP contribution in [0.5, 0.6) is 0 Å². The first-order valence-corrected chi connectivity index (χ1v) is 4.19. The van der Waals surface area contributed by atoms with E-state index in [0.29, 0.717) is 0 Å². The van der Waals surface area contributed by atoms with Crippen LogP contribution in [0.3, 0.4) is 0 Å². The lowest BCUT2D eigenvalue weighted by Crippen LogP contribution is -1.66. The molecule has 12 heavy (non-hydrogen) atoms. The summed E-state index contributed by atoms with van der Waals surface area (Å²) in [6, 6.07) is 7.38. The highest BCUT2D eigenvalue weighted by Gasteiger charge is 2.05. The number of thiophene rings is 1. The molecule has 2 rings (SSSR count). The third-order valence-corrected chi connectivity index (χ3v) is 2.29. The van der Waals surface area contributed by atoms with Gasteiger partial charge < -0.3 is 4.52 Å². The fourth-order valence-electron chi connectivity index (χ4n) is 0.868. The fraction of sp³-hybridized carbons (Fsp3) is 0. The molecule has 2 heterocycles. The molecule has 4 heteroatoms. The Bertz CT molecular complexity index is 410. The first kappa shape index (κ1) is 7.07. The van der Waals surface area contributed by atoms with Gasteiger partial charge in [0, 0.05) is 6.07 Å². The van der Waals surface area contributed by atoms with Crippen LogP contribution in [0.15, 0.2) is 28.1 Å². The van der Waals surface area contributed by atoms with Crippen molar-refractivity contribution in [1.29, 1.82) is 5.26 Å². The highest BCUT2D eigenvalue weighted by atomic mass is 32.1. The minimum Gasteiger partial charge on any atom is -0.345 e. The molecule has 0 unspecified atom stereocenters. The Morgan fingerprint density at radius 1 is 1.58 bits per heavy atom. The number of aromatic nitrogens is 1. The smallest absolute Gasteiger partial charge is 0.236 e. The van der Waals surface area contributed by atoms with E-state index in [9.17, 15) is 0 Å². The second-order valence-electron chi connectivity index (χ2n) is 2.17. The molecule has 0 radical (unpaired) electrons. The zero-order chi connectivity index (χ0) is 8.39. The first-order chi connectivity index (χ1) is 5.90. The van der Waals surface area contributed by atoms with Crippen molar-refractivity contribution in [3.8, 4) is 16.6 Å². The summed E-state index contributed by atoms with van der Waals surface area (Å²) in [5.41, 5.74) is 0.724. The normalized spacial score (nSPS) is 9.58. The van der Waals surface area contributed by atoms with Crippen molar-refractivity contribution in [2.75, 3.05) is 0 Å². The predicted molar refractivity (Wildman–Crippen MR) is 44.5 cm³/mol. The molecule has 0 fully saturated rings. The van der Waals surface area contributed by atoms with Gasteiger partial charge in [-0.15, -0.1) is 11.3 Å². The minimum atomic E-state index is 0.249. The Hall–Kier alpha value is -1.60. The van der Waals surface area contributed by atoms with Crippen molar-refractivity contribution >= 4 is 11.3 Å². The monoisotopic (exact) mass is 176 g/mol. The van der Waals surface area contributed by atoms with Crippen molar-refractivity contribution in [1.82, 2.24) is 5.16 Å². The van der Waals surface area contributed by atoms with Gasteiger partial charge in [-0.05, 0) is 11.4 Å². The first-order valence-electron chi connectivity index (χ1n) is 3.31. The van der Waals surface area contributed by atoms with Gasteiger partial charge in [-0.3, -0.25) is 0 Å². The molecule has 0 atom stereocenters. The van der Waals surface area contributed by atoms with Gasteiger partial charge in [-0.25, -0.2) is 0 Å². The molecule has 2 aromatic rings. The Balaban J connectivity index is 2.44. The molecular formula is C8H4N2OS. The van der Waals surface area contributed by atoms with E-state index in [0.717, 1.165) is 10.6 Å². The summed E-state index contributed by atoms with van der Waals surface area (Å²) in [6.45, 7) is 0. The molecule has 0 aliphatic carbocycles. The minimum absolute atomic E-state index is 0.249. The van der Waals surface area contributed by atoms with Crippen LogP contribution < -0.4 is 0 Å². The van der Waals surface area contributed by atoms with Gasteiger partial charge in [-0.1, -0.05) is 11.2 Å². The molecule has 0 bridgehead atoms. The summed E-state index contributed by atoms with van der Waals surface area (Å²) < 4.78 is 4.73. The van der Waals surface area contributed by atoms with E-state index in [1.54, 1.807) is 17.4 Å². The van der Waals surface area contributed by atoms with Crippen LogP contribution in [-0.4, -0.2) is 5.16 Å². The lowest BCUT2D eigenvalue weighted by Gasteiger charge is -1.81. The second-order valence-corrected chi connectivity index (χ2v) is 3.11. The van der Waals surface area contributed by atoms with Crippen LogP contribution in [0.4, 0.5) is 0 Å². The average Bonchev–Trinajstić information content (AvgIpc) is 2.75. The summed E-state index contributed by atoms with van der Waals surface area (Å²) in [4.78, 5) is 1.01. The maximum absolute atomic E-state index is 8.47. The average molecular weight is 176 g/mol. The number of nitriles is 1. The lowest BCUT2D eigenvalue weighted by molar-refractivity contribution is 0.412. The van der Waals surface area contributed by atoms with Crippen molar-refractivity contribution < 1.29 is 4.52 Å². The van der Waals surface area contributed by atoms with E-state index in [1.165, 1.54) is 0 Å². The number of nitrogens with zero attached hydrogens (tertiary/aromatic N) is 2. The third kappa shape index (κ3) is 1.11. The quantitative estimate of drug-likeness (QED) is 0.669. The molecule has 0 saturated carbocycles. The van der Waals surface area contributed by atoms with Gasteiger partial charge in [0.05, 0.1) is 4.88 Å². The molecule has 2 aromatic heterocycles. The van der Waals surface area contributed by atoms with Crippen LogP contribution in [0.25, 0.3) is 10.6 Å². The van der Waals surface area contributed by atoms with E-state index in [-0.39, 0.29) is 5.76 Å². The summed E-state index contributed by atoms with van der Waals surface area (Å²) in [7, 11) is 0. The molecule has 0 amide bonds. The van der Waals surface area contributed by atoms with E-state index in [1.807, 2.05) is 23.6 Å². The predicted octanol–water partition coefficient (Wildman–Crippen LogP) is 2.27. The van der Waals surface area contributed by atoms with Crippen molar-refractivity contribution in [2.45, 2.75) is 0 Å². The van der Waals surface area contributed by atoms with Gasteiger partial charge >= 0.3 is 0 Å². The SMILES string of the molecule is N#Cc1cc(-c2cccs2)no1. The van der Waals surface area contributed by atoms with Gasteiger partial charge in [0.25, 0.3) is 0 Å². The molecule has 0 saturated heterocycles. The Morgan fingerprint density at radius 2 is 2.50 bits per heavy atom. The standard InChI is InChI=1S/C8H4N2OS/c9-5-6-4-7(10-11-6)8-2-1-3-12-8/h1-4H. The van der Waals surface area contributed by atoms with Crippen LogP contribution in [0, 0.1) is 11.3 Å². The zero-order valence-corrected chi connectivity index (χ0v) is 6.84. The summed E-state index contributed by atoms with van der Waals surface area (Å²) in [6.07, 6.45) is 0. The summed E-state index contributed by atoms with van der Waals surface area (Å²) in [5.74, 6) is 0.249. The second kappa shape index (κ2) is 2.80. The molecule has 0 aliphatic heterocycles. The van der Waals surface area contributed by atoms with Crippen LogP contribution in [0.1, 0.15) is 5.76 Å². The van der Waals surface area contributed by atoms with Crippen molar-refractivity contribution in [2.24, 2.45) is 0 Å². The molecule has 3 nitrogen and oxygen atoms in total. The molecular weight excluding hydrogens is 172 g/mol. The topological polar surface area (TPSA) is 49.8 Å². The van der Waals surface area contributed by atoms with E-state index in [4.69, 9.17) is 9.78 Å². The highest BCUT2D eigenvalue weighted by molar-refractivity contribution is 7.13. The van der Waals surface area contributed by atoms with Crippen molar-refractivity contribution in [3.05, 3.63) is 29.3 Å². The fourth-order valence-corrected chi connectivity index (χ4v) is 1.55. The van der Waals surface area contributed by atoms with Gasteiger partial charge in [0.15, 0.2) is 0 Å². The molecule has 0 spiro atoms. The van der Waals surface area contributed by atoms with Gasteiger partial charge in [0.1, 0.15) is 11.8 Å². The molecule has 58 valence electrons. The number of rotatable bonds is 1. The van der Waals surface area contributed by atoms with Crippen LogP contribution in [-0.2, 0) is 0 Å². The Morgan fingerprint density at radius 3 is 3.08 bits per heavy atom. The molecule has 0 aromatic carbocycles. The van der Waals surface area contributed by atoms with E-state index < -0.39 is 0 Å². The third-order valence-electron chi connectivity index (χ3n) is 1.39. The van der Waals surface area contributed by atoms with E-state index in [2.05, 4.69) is 5.16 Å². The Kier molecular flexibility index (Phi) is 1.65. The zero-order valence-electron chi connectivity index (χ0n) is 6.02. The maximum Gasteiger partial charge on any atom is 0.236 e. The molecule has 0 N–H and O–H groups in total. The largest absolute Gasteiger partial charge is 0.345 e. The highest BCUT2D eigenvalue weighted by Crippen LogP contribution is 2.23. The summed E-state index contributed by atoms with van der Waals surface area (Å²) >= 11 is 1.57. The van der Waals surface area contributed by atoms with Crippen LogP contribution in [0.2, 0.25) is 0 Å². The van der Waals surface area contributed by atoms with Crippen molar-refractivity contribution in [3.63, 3.8) is 0 Å². The molecule has 0 aliphatic rings. The van der Waals surface area contributed by atoms with Gasteiger partial charge in [-0.2, -0.15) is 5.26 Å². The van der Waals surface area contributed by atoms with Crippen LogP contribution >= 0.6 is 11.3 Å². The lowest BCUT2D eigenvalue weighted by atomic mass is 10.3. The summed E-state index contributed by atoms with van der Waals surface area (Å²) in [5, 5.41) is 14.2. The Labute approximate surface area is 72.9 Å². The maximum atomic E-state index is 8.47. The van der Waals surface area contributed by atoms with Gasteiger partial charge in [0.2, 0.25) is 5.76 Å². The number of hydrogen-bond donors (Lipinski definition) is 0. The number of hydrogen-bond acceptors (Lipinski definition) is 4. The van der Waals surface area contributed by atoms with E-state index >= 15 is 0 Å².